The van der Waals surface area contributed by atoms with Crippen molar-refractivity contribution in [3.63, 3.8) is 0 Å². The van der Waals surface area contributed by atoms with E-state index >= 15 is 0 Å². The van der Waals surface area contributed by atoms with Gasteiger partial charge < -0.3 is 27.5 Å². The molecule has 8 nitrogen and oxygen atoms in total. The maximum absolute atomic E-state index is 12.8. The number of nitrogens with two attached hydrogens (primary N) is 1. The Kier molecular flexibility index (Phi) is 6.60. The summed E-state index contributed by atoms with van der Waals surface area (Å²) in [5, 5.41) is 0. The van der Waals surface area contributed by atoms with Crippen LogP contribution >= 0.6 is 0 Å². The van der Waals surface area contributed by atoms with E-state index in [4.69, 9.17) is 10.5 Å². The first-order valence-electron chi connectivity index (χ1n) is 8.72. The zero-order valence-corrected chi connectivity index (χ0v) is 17.9. The van der Waals surface area contributed by atoms with E-state index in [1.165, 1.54) is 4.57 Å². The van der Waals surface area contributed by atoms with Gasteiger partial charge in [0.15, 0.2) is 12.1 Å². The minimum atomic E-state index is -0.248. The predicted molar refractivity (Wildman–Crippen MR) is 102 cm³/mol. The lowest BCUT2D eigenvalue weighted by molar-refractivity contribution is -0.661. The van der Waals surface area contributed by atoms with E-state index in [-0.39, 0.29) is 46.7 Å². The van der Waals surface area contributed by atoms with Crippen LogP contribution in [0.3, 0.4) is 0 Å². The highest BCUT2D eigenvalue weighted by molar-refractivity contribution is 5.79. The Morgan fingerprint density at radius 3 is 2.50 bits per heavy atom. The molecule has 0 saturated carbocycles. The van der Waals surface area contributed by atoms with Crippen molar-refractivity contribution in [3.05, 3.63) is 46.5 Å². The summed E-state index contributed by atoms with van der Waals surface area (Å²) in [6.45, 7) is 4.30. The van der Waals surface area contributed by atoms with Crippen molar-refractivity contribution in [2.24, 2.45) is 13.0 Å². The summed E-state index contributed by atoms with van der Waals surface area (Å²) in [6, 6.07) is 7.60. The summed E-state index contributed by atoms with van der Waals surface area (Å²) in [5.41, 5.74) is 7.45. The van der Waals surface area contributed by atoms with E-state index < -0.39 is 0 Å². The molecule has 1 aromatic carbocycles. The number of rotatable bonds is 6. The van der Waals surface area contributed by atoms with Crippen LogP contribution in [0.2, 0.25) is 0 Å². The van der Waals surface area contributed by atoms with Gasteiger partial charge in [0.2, 0.25) is 5.52 Å². The molecule has 0 aliphatic heterocycles. The highest BCUT2D eigenvalue weighted by atomic mass is 79.9. The maximum Gasteiger partial charge on any atom is 0.312 e. The van der Waals surface area contributed by atoms with Crippen molar-refractivity contribution in [2.75, 3.05) is 12.8 Å². The summed E-state index contributed by atoms with van der Waals surface area (Å²) in [6.07, 6.45) is 1.75. The third kappa shape index (κ3) is 4.09. The second kappa shape index (κ2) is 8.55. The van der Waals surface area contributed by atoms with Gasteiger partial charge in [-0.25, -0.2) is 4.57 Å². The number of halogens is 1. The molecule has 0 saturated heterocycles. The number of nitrogens with zero attached hydrogens (tertiary/aromatic N) is 4. The van der Waals surface area contributed by atoms with Gasteiger partial charge in [0.05, 0.1) is 13.7 Å². The van der Waals surface area contributed by atoms with E-state index in [1.54, 1.807) is 29.6 Å². The molecule has 3 rings (SSSR count). The zero-order valence-electron chi connectivity index (χ0n) is 16.3. The fourth-order valence-corrected chi connectivity index (χ4v) is 2.84. The molecule has 2 N–H and O–H groups in total. The normalized spacial score (nSPS) is 10.9. The molecule has 0 aliphatic carbocycles. The highest BCUT2D eigenvalue weighted by Gasteiger charge is 2.25. The van der Waals surface area contributed by atoms with E-state index in [1.807, 2.05) is 38.1 Å². The number of aromatic nitrogens is 4. The Morgan fingerprint density at radius 2 is 1.93 bits per heavy atom. The second-order valence-electron chi connectivity index (χ2n) is 6.85. The smallest absolute Gasteiger partial charge is 0.312 e. The summed E-state index contributed by atoms with van der Waals surface area (Å²) in [5.74, 6) is 0.824. The van der Waals surface area contributed by atoms with E-state index in [2.05, 4.69) is 4.98 Å². The molecule has 150 valence electrons. The first-order chi connectivity index (χ1) is 12.8. The van der Waals surface area contributed by atoms with Crippen LogP contribution in [0.1, 0.15) is 19.4 Å². The average molecular weight is 450 g/mol. The largest absolute Gasteiger partial charge is 1.00 e. The number of carbonyl (C=O) groups excluding carboxylic acids is 1. The fourth-order valence-electron chi connectivity index (χ4n) is 2.84. The molecule has 0 fully saturated rings. The van der Waals surface area contributed by atoms with Gasteiger partial charge in [-0.15, -0.1) is 0 Å². The Morgan fingerprint density at radius 1 is 1.29 bits per heavy atom. The molecule has 0 amide bonds. The number of Topliss-reactive ketones (excluding diaryl/α,β-unsaturated/α-hetero) is 1. The summed E-state index contributed by atoms with van der Waals surface area (Å²) in [7, 11) is 3.20. The van der Waals surface area contributed by atoms with Gasteiger partial charge in [0.25, 0.3) is 5.95 Å². The number of imidazole rings is 1. The maximum atomic E-state index is 12.8. The van der Waals surface area contributed by atoms with Gasteiger partial charge in [-0.05, 0) is 17.7 Å². The van der Waals surface area contributed by atoms with Gasteiger partial charge in [-0.1, -0.05) is 31.0 Å². The summed E-state index contributed by atoms with van der Waals surface area (Å²) >= 11 is 0. The first kappa shape index (κ1) is 21.6. The zero-order chi connectivity index (χ0) is 19.7. The number of nitrogen functional groups attached to an aromatic ring is 1. The molecule has 0 atom stereocenters. The quantitative estimate of drug-likeness (QED) is 0.434. The number of carbonyl (C=O) groups is 1. The summed E-state index contributed by atoms with van der Waals surface area (Å²) < 4.78 is 9.99. The predicted octanol–water partition coefficient (Wildman–Crippen LogP) is -2.11. The molecule has 9 heteroatoms. The van der Waals surface area contributed by atoms with E-state index in [9.17, 15) is 9.59 Å². The number of methoxy groups -OCH3 is 1. The fraction of sp³-hybridized carbons (Fsp3) is 0.368. The van der Waals surface area contributed by atoms with Crippen LogP contribution in [0, 0.1) is 5.92 Å². The number of ketones is 1. The molecular weight excluding hydrogens is 426 g/mol. The van der Waals surface area contributed by atoms with Gasteiger partial charge in [0, 0.05) is 13.0 Å². The molecule has 28 heavy (non-hydrogen) atoms. The second-order valence-corrected chi connectivity index (χ2v) is 6.85. The molecule has 0 spiro atoms. The Bertz CT molecular complexity index is 1050. The molecule has 0 unspecified atom stereocenters. The Balaban J connectivity index is 0.00000280. The van der Waals surface area contributed by atoms with E-state index in [0.717, 1.165) is 11.3 Å². The molecule has 0 bridgehead atoms. The van der Waals surface area contributed by atoms with Gasteiger partial charge in [0.1, 0.15) is 12.3 Å². The number of ether oxygens (including phenoxy) is 1. The highest BCUT2D eigenvalue weighted by Crippen LogP contribution is 2.14. The van der Waals surface area contributed by atoms with Crippen molar-refractivity contribution in [3.8, 4) is 5.75 Å². The van der Waals surface area contributed by atoms with Crippen LogP contribution in [0.25, 0.3) is 11.2 Å². The monoisotopic (exact) mass is 449 g/mol. The van der Waals surface area contributed by atoms with Crippen LogP contribution in [0.4, 0.5) is 5.95 Å². The lowest BCUT2D eigenvalue weighted by atomic mass is 10.1. The van der Waals surface area contributed by atoms with Gasteiger partial charge >= 0.3 is 11.2 Å². The van der Waals surface area contributed by atoms with Crippen molar-refractivity contribution in [2.45, 2.75) is 26.9 Å². The number of hydrogen-bond donors (Lipinski definition) is 1. The number of benzene rings is 1. The Hall–Kier alpha value is -2.68. The molecule has 0 radical (unpaired) electrons. The number of anilines is 1. The first-order valence-corrected chi connectivity index (χ1v) is 8.72. The minimum Gasteiger partial charge on any atom is -1.00 e. The summed E-state index contributed by atoms with van der Waals surface area (Å²) in [4.78, 5) is 29.4. The minimum absolute atomic E-state index is 0. The topological polar surface area (TPSA) is 96.0 Å². The van der Waals surface area contributed by atoms with Crippen molar-refractivity contribution in [1.29, 1.82) is 0 Å². The average Bonchev–Trinajstić information content (AvgIpc) is 2.97. The Labute approximate surface area is 173 Å². The van der Waals surface area contributed by atoms with Crippen LogP contribution in [-0.4, -0.2) is 27.0 Å². The van der Waals surface area contributed by atoms with Crippen molar-refractivity contribution < 1.29 is 31.1 Å². The number of fused-ring (bicyclic) bond motifs is 1. The number of hydrogen-bond acceptors (Lipinski definition) is 5. The van der Waals surface area contributed by atoms with Gasteiger partial charge in [-0.3, -0.25) is 18.7 Å². The lowest BCUT2D eigenvalue weighted by Gasteiger charge is -2.03. The van der Waals surface area contributed by atoms with E-state index in [0.29, 0.717) is 17.7 Å². The van der Waals surface area contributed by atoms with Crippen LogP contribution in [0.5, 0.6) is 5.75 Å². The molecule has 2 heterocycles. The van der Waals surface area contributed by atoms with Crippen molar-refractivity contribution >= 4 is 22.9 Å². The lowest BCUT2D eigenvalue weighted by Crippen LogP contribution is -3.00. The molecular formula is C19H24BrN5O3. The third-order valence-corrected chi connectivity index (χ3v) is 4.60. The standard InChI is InChI=1S/C19H23N5O3.BrH/c1-12(2)15(25)10-24-11-23(9-13-5-7-14(27-4)8-6-13)16-17(24)21-19(20)22(3)18(16)26;/h5-8,11-12H,9-10H2,1-4H3,(H-,20,21,26);1H. The van der Waals surface area contributed by atoms with Gasteiger partial charge in [-0.2, -0.15) is 0 Å². The van der Waals surface area contributed by atoms with Crippen LogP contribution < -0.4 is 37.6 Å². The third-order valence-electron chi connectivity index (χ3n) is 4.60. The molecule has 2 aromatic heterocycles. The van der Waals surface area contributed by atoms with Crippen LogP contribution in [0.15, 0.2) is 35.4 Å². The molecule has 3 aromatic rings. The molecule has 0 aliphatic rings. The SMILES string of the molecule is COc1ccc(Cn2c[n+](CC(=O)C(C)C)c3nc(N)n(C)c(=O)c32)cc1.[Br-]. The van der Waals surface area contributed by atoms with Crippen molar-refractivity contribution in [1.82, 2.24) is 14.1 Å². The van der Waals surface area contributed by atoms with Crippen LogP contribution in [-0.2, 0) is 24.9 Å².